The zero-order chi connectivity index (χ0) is 38.1. The Labute approximate surface area is 294 Å². The molecule has 1 unspecified atom stereocenters. The number of amides is 2. The number of alkyl halides is 4. The van der Waals surface area contributed by atoms with E-state index in [9.17, 15) is 41.4 Å². The van der Waals surface area contributed by atoms with Crippen molar-refractivity contribution >= 4 is 18.3 Å². The maximum absolute atomic E-state index is 15.9. The first-order valence-corrected chi connectivity index (χ1v) is 16.1. The Bertz CT molecular complexity index is 1960. The summed E-state index contributed by atoms with van der Waals surface area (Å²) in [4.78, 5) is 41.1. The zero-order valence-corrected chi connectivity index (χ0v) is 28.2. The first-order valence-electron chi connectivity index (χ1n) is 16.1. The van der Waals surface area contributed by atoms with Crippen molar-refractivity contribution in [3.63, 3.8) is 0 Å². The molecule has 15 heteroatoms. The van der Waals surface area contributed by atoms with Gasteiger partial charge in [-0.1, -0.05) is 6.08 Å². The van der Waals surface area contributed by atoms with Crippen LogP contribution in [0.2, 0.25) is 0 Å². The van der Waals surface area contributed by atoms with E-state index < -0.39 is 76.9 Å². The minimum atomic E-state index is -4.94. The molecule has 4 bridgehead atoms. The van der Waals surface area contributed by atoms with Gasteiger partial charge >= 0.3 is 12.1 Å². The molecule has 3 aromatic carbocycles. The smallest absolute Gasteiger partial charge is 0.416 e. The number of carbonyl (C=O) groups is 3. The molecule has 5 rings (SSSR count). The highest BCUT2D eigenvalue weighted by Crippen LogP contribution is 2.42. The quantitative estimate of drug-likeness (QED) is 0.133. The summed E-state index contributed by atoms with van der Waals surface area (Å²) < 4.78 is 109. The van der Waals surface area contributed by atoms with Crippen molar-refractivity contribution in [2.24, 2.45) is 0 Å². The highest BCUT2D eigenvalue weighted by Gasteiger charge is 2.38. The maximum atomic E-state index is 15.9. The third-order valence-electron chi connectivity index (χ3n) is 8.92. The number of aryl methyl sites for hydroxylation is 2. The van der Waals surface area contributed by atoms with E-state index >= 15 is 8.78 Å². The summed E-state index contributed by atoms with van der Waals surface area (Å²) in [6.07, 6.45) is -5.89. The van der Waals surface area contributed by atoms with Gasteiger partial charge in [-0.15, -0.1) is 0 Å². The fourth-order valence-electron chi connectivity index (χ4n) is 6.49. The van der Waals surface area contributed by atoms with Crippen molar-refractivity contribution in [1.82, 2.24) is 15.1 Å². The normalized spacial score (nSPS) is 18.5. The molecule has 0 aliphatic carbocycles. The summed E-state index contributed by atoms with van der Waals surface area (Å²) in [5, 5.41) is 12.2. The molecule has 2 amide bonds. The first-order chi connectivity index (χ1) is 24.5. The Hall–Kier alpha value is -5.18. The third-order valence-corrected chi connectivity index (χ3v) is 8.92. The van der Waals surface area contributed by atoms with Gasteiger partial charge in [0, 0.05) is 48.6 Å². The van der Waals surface area contributed by atoms with Crippen LogP contribution in [0, 0.1) is 31.3 Å². The predicted molar refractivity (Wildman–Crippen MR) is 175 cm³/mol. The van der Waals surface area contributed by atoms with Crippen molar-refractivity contribution < 1.29 is 55.0 Å². The van der Waals surface area contributed by atoms with Crippen LogP contribution in [-0.4, -0.2) is 65.2 Å². The van der Waals surface area contributed by atoms with Crippen LogP contribution in [0.5, 0.6) is 11.5 Å². The lowest BCUT2D eigenvalue weighted by Gasteiger charge is -2.35. The number of hydrogen-bond donors (Lipinski definition) is 2. The topological polar surface area (TPSA) is 99.2 Å². The summed E-state index contributed by atoms with van der Waals surface area (Å²) in [5.74, 6) is -5.79. The second kappa shape index (κ2) is 15.2. The summed E-state index contributed by atoms with van der Waals surface area (Å²) in [7, 11) is 0. The Kier molecular flexibility index (Phi) is 11.1. The number of benzene rings is 3. The average molecular weight is 734 g/mol. The predicted octanol–water partition coefficient (Wildman–Crippen LogP) is 7.76. The Morgan fingerprint density at radius 3 is 2.38 bits per heavy atom. The number of fused-ring (bicyclic) bond motifs is 6. The van der Waals surface area contributed by atoms with Gasteiger partial charge in [-0.3, -0.25) is 19.3 Å². The molecule has 0 saturated carbocycles. The SMILES string of the molecule is C/C=C(\C(=C/N(C=O)C1C(=O)N[C@@H](CC(=O)O)c2cc(cc(C)c2F)-c2c(C)cc(F)cc2Oc2ccc(F)c1c2)CCN1CC(F)C1)C(F)(F)F. The van der Waals surface area contributed by atoms with E-state index in [2.05, 4.69) is 5.32 Å². The molecular formula is C37H34F7N3O5. The van der Waals surface area contributed by atoms with Crippen LogP contribution in [0.3, 0.4) is 0 Å². The number of halogens is 7. The molecule has 3 aromatic rings. The lowest BCUT2D eigenvalue weighted by molar-refractivity contribution is -0.138. The molecule has 52 heavy (non-hydrogen) atoms. The molecule has 1 saturated heterocycles. The molecule has 8 nitrogen and oxygen atoms in total. The van der Waals surface area contributed by atoms with Gasteiger partial charge in [-0.05, 0) is 85.9 Å². The number of carboxylic acid groups (broad SMARTS) is 1. The van der Waals surface area contributed by atoms with Crippen LogP contribution in [0.15, 0.2) is 65.9 Å². The Morgan fingerprint density at radius 1 is 1.06 bits per heavy atom. The molecule has 2 heterocycles. The van der Waals surface area contributed by atoms with Crippen LogP contribution in [0.25, 0.3) is 11.1 Å². The Balaban J connectivity index is 1.75. The summed E-state index contributed by atoms with van der Waals surface area (Å²) in [6, 6.07) is 4.12. The third kappa shape index (κ3) is 8.14. The number of likely N-dealkylation sites (tertiary alicyclic amines) is 1. The highest BCUT2D eigenvalue weighted by molar-refractivity contribution is 5.87. The van der Waals surface area contributed by atoms with Crippen LogP contribution < -0.4 is 10.1 Å². The lowest BCUT2D eigenvalue weighted by atomic mass is 9.92. The standard InChI is InChI=1S/C37H34F7N3O5/c1-4-28(37(42,43)44)21(7-8-46-16-24(39)17-46)15-47(18-48)35-26-13-25(5-6-29(26)40)52-31-12-23(38)10-19(2)33(31)22-9-20(3)34(41)27(11-22)30(14-32(49)50)45-36(35)51/h4-6,9-13,15,18,24,30,35H,7-8,14,16-17H2,1-3H3,(H,45,51)(H,49,50)/b21-15-,28-4+/t30-,35?/m0/s1. The number of carboxylic acids is 1. The summed E-state index contributed by atoms with van der Waals surface area (Å²) in [6.45, 7) is 3.96. The van der Waals surface area contributed by atoms with Gasteiger partial charge in [0.1, 0.15) is 41.2 Å². The van der Waals surface area contributed by atoms with E-state index in [1.807, 2.05) is 0 Å². The van der Waals surface area contributed by atoms with E-state index in [1.54, 1.807) is 11.8 Å². The van der Waals surface area contributed by atoms with Crippen molar-refractivity contribution in [1.29, 1.82) is 0 Å². The fourth-order valence-corrected chi connectivity index (χ4v) is 6.49. The van der Waals surface area contributed by atoms with Gasteiger partial charge in [0.25, 0.3) is 0 Å². The largest absolute Gasteiger partial charge is 0.481 e. The van der Waals surface area contributed by atoms with Crippen molar-refractivity contribution in [3.05, 3.63) is 106 Å². The van der Waals surface area contributed by atoms with E-state index in [1.165, 1.54) is 25.1 Å². The van der Waals surface area contributed by atoms with Crippen molar-refractivity contribution in [2.75, 3.05) is 19.6 Å². The molecule has 0 aromatic heterocycles. The van der Waals surface area contributed by atoms with Crippen LogP contribution in [0.1, 0.15) is 54.1 Å². The minimum absolute atomic E-state index is 0.00816. The molecule has 1 fully saturated rings. The fraction of sp³-hybridized carbons (Fsp3) is 0.324. The monoisotopic (exact) mass is 733 g/mol. The molecule has 0 spiro atoms. The van der Waals surface area contributed by atoms with Gasteiger partial charge < -0.3 is 20.1 Å². The van der Waals surface area contributed by atoms with Gasteiger partial charge in [-0.25, -0.2) is 17.6 Å². The van der Waals surface area contributed by atoms with Crippen LogP contribution >= 0.6 is 0 Å². The molecule has 0 radical (unpaired) electrons. The second-order valence-electron chi connectivity index (χ2n) is 12.7. The number of allylic oxidation sites excluding steroid dienone is 2. The Morgan fingerprint density at radius 2 is 1.77 bits per heavy atom. The first kappa shape index (κ1) is 38.1. The number of carbonyl (C=O) groups excluding carboxylic acids is 2. The number of aliphatic carboxylic acids is 1. The van der Waals surface area contributed by atoms with E-state index in [0.717, 1.165) is 43.5 Å². The number of rotatable bonds is 9. The van der Waals surface area contributed by atoms with Crippen molar-refractivity contribution in [2.45, 2.75) is 58.0 Å². The summed E-state index contributed by atoms with van der Waals surface area (Å²) in [5.41, 5.74) is -1.72. The summed E-state index contributed by atoms with van der Waals surface area (Å²) >= 11 is 0. The van der Waals surface area contributed by atoms with E-state index in [4.69, 9.17) is 4.74 Å². The number of ether oxygens (including phenoxy) is 1. The van der Waals surface area contributed by atoms with Gasteiger partial charge in [-0.2, -0.15) is 13.2 Å². The van der Waals surface area contributed by atoms with Crippen LogP contribution in [0.4, 0.5) is 30.7 Å². The number of hydrogen-bond acceptors (Lipinski definition) is 5. The molecule has 2 N–H and O–H groups in total. The molecular weight excluding hydrogens is 699 g/mol. The minimum Gasteiger partial charge on any atom is -0.481 e. The van der Waals surface area contributed by atoms with E-state index in [-0.39, 0.29) is 66.2 Å². The van der Waals surface area contributed by atoms with Gasteiger partial charge in [0.15, 0.2) is 0 Å². The zero-order valence-electron chi connectivity index (χ0n) is 28.2. The van der Waals surface area contributed by atoms with E-state index in [0.29, 0.717) is 10.5 Å². The number of nitrogens with zero attached hydrogens (tertiary/aromatic N) is 2. The second-order valence-corrected chi connectivity index (χ2v) is 12.7. The molecule has 2 aliphatic heterocycles. The number of nitrogens with one attached hydrogen (secondary N) is 1. The van der Waals surface area contributed by atoms with Crippen LogP contribution in [-0.2, 0) is 14.4 Å². The lowest BCUT2D eigenvalue weighted by Crippen LogP contribution is -2.48. The molecule has 276 valence electrons. The van der Waals surface area contributed by atoms with Crippen molar-refractivity contribution in [3.8, 4) is 22.6 Å². The van der Waals surface area contributed by atoms with Gasteiger partial charge in [0.05, 0.1) is 18.0 Å². The molecule has 2 aliphatic rings. The average Bonchev–Trinajstić information content (AvgIpc) is 3.03. The highest BCUT2D eigenvalue weighted by atomic mass is 19.4. The maximum Gasteiger partial charge on any atom is 0.416 e. The van der Waals surface area contributed by atoms with Gasteiger partial charge in [0.2, 0.25) is 12.3 Å². The molecule has 2 atom stereocenters.